The highest BCUT2D eigenvalue weighted by Gasteiger charge is 2.39. The first-order chi connectivity index (χ1) is 13.8. The average molecular weight is 413 g/mol. The molecule has 0 spiro atoms. The second-order valence-electron chi connectivity index (χ2n) is 7.41. The molecule has 1 N–H and O–H groups in total. The summed E-state index contributed by atoms with van der Waals surface area (Å²) in [6, 6.07) is 12.6. The van der Waals surface area contributed by atoms with Crippen LogP contribution in [0.2, 0.25) is 5.02 Å². The van der Waals surface area contributed by atoms with E-state index in [0.29, 0.717) is 40.7 Å². The van der Waals surface area contributed by atoms with Crippen LogP contribution in [0.15, 0.2) is 48.2 Å². The molecule has 0 saturated heterocycles. The van der Waals surface area contributed by atoms with Crippen molar-refractivity contribution < 1.29 is 14.3 Å². The molecule has 0 fully saturated rings. The number of anilines is 1. The Hall–Kier alpha value is -2.79. The van der Waals surface area contributed by atoms with Crippen LogP contribution in [-0.2, 0) is 9.59 Å². The van der Waals surface area contributed by atoms with Gasteiger partial charge in [0.15, 0.2) is 0 Å². The Bertz CT molecular complexity index is 965. The number of nitrogens with zero attached hydrogens (tertiary/aromatic N) is 1. The Morgan fingerprint density at radius 3 is 2.38 bits per heavy atom. The molecule has 0 atom stereocenters. The molecule has 5 nitrogen and oxygen atoms in total. The van der Waals surface area contributed by atoms with Crippen molar-refractivity contribution in [3.63, 3.8) is 0 Å². The molecule has 0 radical (unpaired) electrons. The summed E-state index contributed by atoms with van der Waals surface area (Å²) >= 11 is 6.13. The van der Waals surface area contributed by atoms with Crippen molar-refractivity contribution in [2.75, 3.05) is 18.5 Å². The van der Waals surface area contributed by atoms with Gasteiger partial charge in [-0.1, -0.05) is 43.6 Å². The predicted octanol–water partition coefficient (Wildman–Crippen LogP) is 4.90. The Labute approximate surface area is 176 Å². The second-order valence-corrected chi connectivity index (χ2v) is 7.84. The fourth-order valence-electron chi connectivity index (χ4n) is 3.24. The van der Waals surface area contributed by atoms with Gasteiger partial charge in [-0.15, -0.1) is 0 Å². The van der Waals surface area contributed by atoms with Crippen molar-refractivity contribution in [3.8, 4) is 5.75 Å². The molecule has 1 heterocycles. The maximum absolute atomic E-state index is 13.2. The van der Waals surface area contributed by atoms with Gasteiger partial charge < -0.3 is 10.1 Å². The third-order valence-electron chi connectivity index (χ3n) is 4.63. The maximum Gasteiger partial charge on any atom is 0.278 e. The third-order valence-corrected chi connectivity index (χ3v) is 4.86. The molecule has 0 saturated carbocycles. The number of carbonyl (C=O) groups excluding carboxylic acids is 2. The van der Waals surface area contributed by atoms with Crippen LogP contribution in [0.4, 0.5) is 5.69 Å². The lowest BCUT2D eigenvalue weighted by atomic mass is 10.0. The Morgan fingerprint density at radius 2 is 1.76 bits per heavy atom. The van der Waals surface area contributed by atoms with Crippen molar-refractivity contribution in [3.05, 3.63) is 64.3 Å². The summed E-state index contributed by atoms with van der Waals surface area (Å²) in [5.74, 6) is 0.256. The van der Waals surface area contributed by atoms with Crippen molar-refractivity contribution in [1.29, 1.82) is 0 Å². The SMILES string of the molecule is CCOc1ccc(C2=C(Nc3cc(Cl)ccc3C)C(=O)N(CC(C)C)C2=O)cc1. The largest absolute Gasteiger partial charge is 0.494 e. The van der Waals surface area contributed by atoms with Crippen LogP contribution < -0.4 is 10.1 Å². The lowest BCUT2D eigenvalue weighted by Gasteiger charge is -2.17. The Kier molecular flexibility index (Phi) is 6.28. The first-order valence-electron chi connectivity index (χ1n) is 9.68. The number of halogens is 1. The third kappa shape index (κ3) is 4.46. The van der Waals surface area contributed by atoms with E-state index in [1.165, 1.54) is 4.90 Å². The number of rotatable bonds is 7. The Balaban J connectivity index is 2.06. The van der Waals surface area contributed by atoms with E-state index in [-0.39, 0.29) is 23.4 Å². The van der Waals surface area contributed by atoms with E-state index in [0.717, 1.165) is 5.56 Å². The minimum absolute atomic E-state index is 0.164. The number of ether oxygens (including phenoxy) is 1. The van der Waals surface area contributed by atoms with Crippen molar-refractivity contribution in [1.82, 2.24) is 4.90 Å². The molecular weight excluding hydrogens is 388 g/mol. The van der Waals surface area contributed by atoms with E-state index >= 15 is 0 Å². The van der Waals surface area contributed by atoms with Gasteiger partial charge in [0.2, 0.25) is 0 Å². The molecule has 3 rings (SSSR count). The smallest absolute Gasteiger partial charge is 0.278 e. The zero-order valence-corrected chi connectivity index (χ0v) is 17.8. The molecular formula is C23H25ClN2O3. The van der Waals surface area contributed by atoms with E-state index in [2.05, 4.69) is 5.32 Å². The van der Waals surface area contributed by atoms with Gasteiger partial charge in [-0.2, -0.15) is 0 Å². The highest BCUT2D eigenvalue weighted by Crippen LogP contribution is 2.33. The van der Waals surface area contributed by atoms with Gasteiger partial charge >= 0.3 is 0 Å². The summed E-state index contributed by atoms with van der Waals surface area (Å²) in [6.45, 7) is 8.70. The van der Waals surface area contributed by atoms with Gasteiger partial charge in [-0.05, 0) is 55.2 Å². The predicted molar refractivity (Wildman–Crippen MR) is 116 cm³/mol. The molecule has 152 valence electrons. The monoisotopic (exact) mass is 412 g/mol. The van der Waals surface area contributed by atoms with Crippen LogP contribution in [0.1, 0.15) is 31.9 Å². The number of hydrogen-bond donors (Lipinski definition) is 1. The maximum atomic E-state index is 13.2. The van der Waals surface area contributed by atoms with E-state index in [9.17, 15) is 9.59 Å². The lowest BCUT2D eigenvalue weighted by molar-refractivity contribution is -0.137. The quantitative estimate of drug-likeness (QED) is 0.657. The second kappa shape index (κ2) is 8.70. The summed E-state index contributed by atoms with van der Waals surface area (Å²) in [6.07, 6.45) is 0. The summed E-state index contributed by atoms with van der Waals surface area (Å²) in [5.41, 5.74) is 2.92. The van der Waals surface area contributed by atoms with E-state index in [4.69, 9.17) is 16.3 Å². The van der Waals surface area contributed by atoms with E-state index in [1.54, 1.807) is 36.4 Å². The van der Waals surface area contributed by atoms with Crippen LogP contribution in [0, 0.1) is 12.8 Å². The molecule has 0 unspecified atom stereocenters. The fourth-order valence-corrected chi connectivity index (χ4v) is 3.41. The van der Waals surface area contributed by atoms with Gasteiger partial charge in [0, 0.05) is 17.3 Å². The highest BCUT2D eigenvalue weighted by molar-refractivity contribution is 6.36. The number of hydrogen-bond acceptors (Lipinski definition) is 4. The minimum atomic E-state index is -0.327. The molecule has 0 aliphatic carbocycles. The molecule has 0 aromatic heterocycles. The summed E-state index contributed by atoms with van der Waals surface area (Å²) < 4.78 is 5.49. The molecule has 1 aliphatic rings. The standard InChI is InChI=1S/C23H25ClN2O3/c1-5-29-18-10-7-16(8-11-18)20-21(23(28)26(22(20)27)13-14(2)3)25-19-12-17(24)9-6-15(19)4/h6-12,14,25H,5,13H2,1-4H3. The summed E-state index contributed by atoms with van der Waals surface area (Å²) in [5, 5.41) is 3.73. The first kappa shape index (κ1) is 20.9. The molecule has 6 heteroatoms. The van der Waals surface area contributed by atoms with E-state index in [1.807, 2.05) is 33.8 Å². The fraction of sp³-hybridized carbons (Fsp3) is 0.304. The van der Waals surface area contributed by atoms with Gasteiger partial charge in [0.05, 0.1) is 12.2 Å². The van der Waals surface area contributed by atoms with Crippen LogP contribution in [0.3, 0.4) is 0 Å². The van der Waals surface area contributed by atoms with Gasteiger partial charge in [-0.25, -0.2) is 0 Å². The number of imide groups is 1. The number of amides is 2. The zero-order valence-electron chi connectivity index (χ0n) is 17.1. The molecule has 2 amide bonds. The van der Waals surface area contributed by atoms with Crippen LogP contribution in [0.5, 0.6) is 5.75 Å². The van der Waals surface area contributed by atoms with Gasteiger partial charge in [0.1, 0.15) is 11.4 Å². The van der Waals surface area contributed by atoms with E-state index < -0.39 is 0 Å². The Morgan fingerprint density at radius 1 is 1.07 bits per heavy atom. The number of benzene rings is 2. The highest BCUT2D eigenvalue weighted by atomic mass is 35.5. The van der Waals surface area contributed by atoms with Crippen LogP contribution >= 0.6 is 11.6 Å². The number of aryl methyl sites for hydroxylation is 1. The minimum Gasteiger partial charge on any atom is -0.494 e. The molecule has 29 heavy (non-hydrogen) atoms. The van der Waals surface area contributed by atoms with Gasteiger partial charge in [0.25, 0.3) is 11.8 Å². The molecule has 2 aromatic rings. The zero-order chi connectivity index (χ0) is 21.1. The van der Waals surface area contributed by atoms with Gasteiger partial charge in [-0.3, -0.25) is 14.5 Å². The first-order valence-corrected chi connectivity index (χ1v) is 10.1. The summed E-state index contributed by atoms with van der Waals surface area (Å²) in [4.78, 5) is 27.6. The summed E-state index contributed by atoms with van der Waals surface area (Å²) in [7, 11) is 0. The number of carbonyl (C=O) groups is 2. The van der Waals surface area contributed by atoms with Crippen LogP contribution in [0.25, 0.3) is 5.57 Å². The van der Waals surface area contributed by atoms with Crippen LogP contribution in [-0.4, -0.2) is 29.9 Å². The average Bonchev–Trinajstić information content (AvgIpc) is 2.90. The molecule has 0 bridgehead atoms. The lowest BCUT2D eigenvalue weighted by Crippen LogP contribution is -2.35. The van der Waals surface area contributed by atoms with Crippen molar-refractivity contribution in [2.24, 2.45) is 5.92 Å². The van der Waals surface area contributed by atoms with Crippen molar-refractivity contribution in [2.45, 2.75) is 27.7 Å². The topological polar surface area (TPSA) is 58.6 Å². The number of nitrogens with one attached hydrogen (secondary N) is 1. The normalized spacial score (nSPS) is 14.2. The van der Waals surface area contributed by atoms with Crippen molar-refractivity contribution >= 4 is 34.7 Å². The molecule has 1 aliphatic heterocycles. The molecule has 2 aromatic carbocycles.